The average molecular weight is 281 g/mol. The molecule has 0 amide bonds. The molecular weight excluding hydrogens is 262 g/mol. The number of imidazole rings is 1. The van der Waals surface area contributed by atoms with Crippen LogP contribution < -0.4 is 11.0 Å². The quantitative estimate of drug-likeness (QED) is 0.686. The van der Waals surface area contributed by atoms with Crippen LogP contribution in [0.3, 0.4) is 0 Å². The largest absolute Gasteiger partial charge is 0.378 e. The topological polar surface area (TPSA) is 60.7 Å². The van der Waals surface area contributed by atoms with E-state index in [1.54, 1.807) is 0 Å². The van der Waals surface area contributed by atoms with E-state index < -0.39 is 0 Å². The maximum atomic E-state index is 11.3. The first kappa shape index (κ1) is 13.5. The van der Waals surface area contributed by atoms with Crippen molar-refractivity contribution in [1.29, 1.82) is 0 Å². The van der Waals surface area contributed by atoms with Crippen LogP contribution >= 0.6 is 0 Å². The zero-order valence-corrected chi connectivity index (χ0v) is 12.4. The number of hydrogen-bond donors (Lipinski definition) is 3. The summed E-state index contributed by atoms with van der Waals surface area (Å²) in [6.45, 7) is 6.32. The molecule has 21 heavy (non-hydrogen) atoms. The molecule has 1 unspecified atom stereocenters. The Morgan fingerprint density at radius 1 is 1.00 bits per heavy atom. The lowest BCUT2D eigenvalue weighted by molar-refractivity contribution is 0.884. The van der Waals surface area contributed by atoms with Crippen LogP contribution in [0, 0.1) is 13.8 Å². The van der Waals surface area contributed by atoms with E-state index in [9.17, 15) is 4.79 Å². The summed E-state index contributed by atoms with van der Waals surface area (Å²) in [6.07, 6.45) is 0. The Labute approximate surface area is 123 Å². The summed E-state index contributed by atoms with van der Waals surface area (Å²) in [7, 11) is 0. The van der Waals surface area contributed by atoms with Crippen molar-refractivity contribution in [3.63, 3.8) is 0 Å². The van der Waals surface area contributed by atoms with Crippen molar-refractivity contribution in [2.75, 3.05) is 5.32 Å². The molecule has 0 saturated carbocycles. The summed E-state index contributed by atoms with van der Waals surface area (Å²) in [5.41, 5.74) is 6.27. The van der Waals surface area contributed by atoms with Crippen LogP contribution in [-0.2, 0) is 0 Å². The molecule has 3 rings (SSSR count). The second-order valence-corrected chi connectivity index (χ2v) is 5.57. The number of aryl methyl sites for hydroxylation is 2. The van der Waals surface area contributed by atoms with Gasteiger partial charge in [0.2, 0.25) is 0 Å². The molecule has 4 heteroatoms. The highest BCUT2D eigenvalue weighted by atomic mass is 16.1. The fourth-order valence-electron chi connectivity index (χ4n) is 2.61. The highest BCUT2D eigenvalue weighted by Gasteiger charge is 2.09. The van der Waals surface area contributed by atoms with Crippen molar-refractivity contribution in [3.8, 4) is 0 Å². The molecule has 0 bridgehead atoms. The second-order valence-electron chi connectivity index (χ2n) is 5.57. The monoisotopic (exact) mass is 281 g/mol. The van der Waals surface area contributed by atoms with Crippen molar-refractivity contribution < 1.29 is 0 Å². The molecule has 0 saturated heterocycles. The number of rotatable bonds is 3. The zero-order chi connectivity index (χ0) is 15.0. The van der Waals surface area contributed by atoms with Crippen molar-refractivity contribution in [1.82, 2.24) is 9.97 Å². The lowest BCUT2D eigenvalue weighted by Gasteiger charge is -2.18. The van der Waals surface area contributed by atoms with E-state index in [0.29, 0.717) is 0 Å². The SMILES string of the molecule is Cc1ccc(NC(C)c2ccc3[nH]c(=O)[nH]c3c2)c(C)c1. The maximum absolute atomic E-state index is 11.3. The fourth-order valence-corrected chi connectivity index (χ4v) is 2.61. The van der Waals surface area contributed by atoms with Crippen molar-refractivity contribution >= 4 is 16.7 Å². The summed E-state index contributed by atoms with van der Waals surface area (Å²) in [6, 6.07) is 12.5. The third kappa shape index (κ3) is 2.70. The highest BCUT2D eigenvalue weighted by Crippen LogP contribution is 2.24. The first-order chi connectivity index (χ1) is 10.0. The van der Waals surface area contributed by atoms with Crippen LogP contribution in [0.2, 0.25) is 0 Å². The molecule has 0 aliphatic rings. The normalized spacial score (nSPS) is 12.5. The van der Waals surface area contributed by atoms with E-state index >= 15 is 0 Å². The molecule has 0 aliphatic carbocycles. The summed E-state index contributed by atoms with van der Waals surface area (Å²) in [5.74, 6) is 0. The summed E-state index contributed by atoms with van der Waals surface area (Å²) >= 11 is 0. The first-order valence-electron chi connectivity index (χ1n) is 7.08. The van der Waals surface area contributed by atoms with Crippen LogP contribution in [0.1, 0.15) is 29.7 Å². The molecule has 3 aromatic rings. The Kier molecular flexibility index (Phi) is 3.29. The third-order valence-corrected chi connectivity index (χ3v) is 3.79. The fraction of sp³-hybridized carbons (Fsp3) is 0.235. The van der Waals surface area contributed by atoms with Crippen molar-refractivity contribution in [2.45, 2.75) is 26.8 Å². The van der Waals surface area contributed by atoms with Gasteiger partial charge in [-0.25, -0.2) is 4.79 Å². The minimum absolute atomic E-state index is 0.161. The lowest BCUT2D eigenvalue weighted by Crippen LogP contribution is -2.07. The molecular formula is C17H19N3O. The standard InChI is InChI=1S/C17H19N3O/c1-10-4-6-14(11(2)8-10)18-12(3)13-5-7-15-16(9-13)20-17(21)19-15/h4-9,12,18H,1-3H3,(H2,19,20,21). The predicted molar refractivity (Wildman–Crippen MR) is 86.9 cm³/mol. The Hall–Kier alpha value is -2.49. The number of anilines is 1. The molecule has 1 heterocycles. The second kappa shape index (κ2) is 5.13. The van der Waals surface area contributed by atoms with Gasteiger partial charge in [0.1, 0.15) is 0 Å². The molecule has 0 fully saturated rings. The molecule has 1 aromatic heterocycles. The van der Waals surface area contributed by atoms with Gasteiger partial charge in [-0.3, -0.25) is 0 Å². The zero-order valence-electron chi connectivity index (χ0n) is 12.4. The van der Waals surface area contributed by atoms with E-state index in [0.717, 1.165) is 22.3 Å². The molecule has 0 radical (unpaired) electrons. The molecule has 1 atom stereocenters. The minimum atomic E-state index is -0.169. The van der Waals surface area contributed by atoms with Gasteiger partial charge in [0.15, 0.2) is 0 Å². The Morgan fingerprint density at radius 2 is 1.76 bits per heavy atom. The molecule has 4 nitrogen and oxygen atoms in total. The minimum Gasteiger partial charge on any atom is -0.378 e. The van der Waals surface area contributed by atoms with E-state index in [4.69, 9.17) is 0 Å². The van der Waals surface area contributed by atoms with Gasteiger partial charge in [-0.2, -0.15) is 0 Å². The predicted octanol–water partition coefficient (Wildman–Crippen LogP) is 3.65. The number of nitrogens with one attached hydrogen (secondary N) is 3. The Bertz CT molecular complexity index is 845. The van der Waals surface area contributed by atoms with Gasteiger partial charge in [0, 0.05) is 11.7 Å². The number of aromatic nitrogens is 2. The van der Waals surface area contributed by atoms with Crippen LogP contribution in [0.4, 0.5) is 5.69 Å². The van der Waals surface area contributed by atoms with Gasteiger partial charge in [-0.1, -0.05) is 23.8 Å². The lowest BCUT2D eigenvalue weighted by atomic mass is 10.1. The van der Waals surface area contributed by atoms with Gasteiger partial charge in [0.05, 0.1) is 11.0 Å². The van der Waals surface area contributed by atoms with Crippen molar-refractivity contribution in [3.05, 3.63) is 63.6 Å². The molecule has 3 N–H and O–H groups in total. The molecule has 108 valence electrons. The van der Waals surface area contributed by atoms with E-state index in [-0.39, 0.29) is 11.7 Å². The summed E-state index contributed by atoms with van der Waals surface area (Å²) in [5, 5.41) is 3.52. The van der Waals surface area contributed by atoms with Crippen LogP contribution in [-0.4, -0.2) is 9.97 Å². The number of hydrogen-bond acceptors (Lipinski definition) is 2. The number of aromatic amines is 2. The van der Waals surface area contributed by atoms with Gasteiger partial charge >= 0.3 is 5.69 Å². The molecule has 0 spiro atoms. The van der Waals surface area contributed by atoms with E-state index in [1.165, 1.54) is 11.1 Å². The van der Waals surface area contributed by atoms with Crippen LogP contribution in [0.25, 0.3) is 11.0 Å². The van der Waals surface area contributed by atoms with E-state index in [2.05, 4.69) is 54.3 Å². The first-order valence-corrected chi connectivity index (χ1v) is 7.08. The highest BCUT2D eigenvalue weighted by molar-refractivity contribution is 5.75. The van der Waals surface area contributed by atoms with Crippen LogP contribution in [0.15, 0.2) is 41.2 Å². The third-order valence-electron chi connectivity index (χ3n) is 3.79. The summed E-state index contributed by atoms with van der Waals surface area (Å²) < 4.78 is 0. The smallest absolute Gasteiger partial charge is 0.323 e. The Balaban J connectivity index is 1.89. The number of benzene rings is 2. The average Bonchev–Trinajstić information content (AvgIpc) is 2.80. The molecule has 2 aromatic carbocycles. The van der Waals surface area contributed by atoms with Gasteiger partial charge in [0.25, 0.3) is 0 Å². The summed E-state index contributed by atoms with van der Waals surface area (Å²) in [4.78, 5) is 16.9. The van der Waals surface area contributed by atoms with Gasteiger partial charge in [-0.05, 0) is 50.1 Å². The maximum Gasteiger partial charge on any atom is 0.323 e. The van der Waals surface area contributed by atoms with Gasteiger partial charge < -0.3 is 15.3 Å². The number of H-pyrrole nitrogens is 2. The Morgan fingerprint density at radius 3 is 2.52 bits per heavy atom. The van der Waals surface area contributed by atoms with Crippen LogP contribution in [0.5, 0.6) is 0 Å². The van der Waals surface area contributed by atoms with Crippen molar-refractivity contribution in [2.24, 2.45) is 0 Å². The molecule has 0 aliphatic heterocycles. The number of fused-ring (bicyclic) bond motifs is 1. The van der Waals surface area contributed by atoms with E-state index in [1.807, 2.05) is 18.2 Å². The van der Waals surface area contributed by atoms with Gasteiger partial charge in [-0.15, -0.1) is 0 Å².